The molecule has 1 aliphatic rings. The van der Waals surface area contributed by atoms with E-state index in [1.807, 2.05) is 19.1 Å². The lowest BCUT2D eigenvalue weighted by atomic mass is 10.2. The molecule has 3 rings (SSSR count). The van der Waals surface area contributed by atoms with Gasteiger partial charge in [0.25, 0.3) is 5.91 Å². The first kappa shape index (κ1) is 19.0. The minimum atomic E-state index is -0.957. The molecule has 0 fully saturated rings. The summed E-state index contributed by atoms with van der Waals surface area (Å²) in [7, 11) is 0. The van der Waals surface area contributed by atoms with E-state index in [0.717, 1.165) is 10.5 Å². The highest BCUT2D eigenvalue weighted by Gasteiger charge is 2.21. The predicted octanol–water partition coefficient (Wildman–Crippen LogP) is 3.61. The van der Waals surface area contributed by atoms with Crippen molar-refractivity contribution >= 4 is 40.9 Å². The van der Waals surface area contributed by atoms with Crippen molar-refractivity contribution in [2.24, 2.45) is 0 Å². The molecule has 27 heavy (non-hydrogen) atoms. The fraction of sp³-hybridized carbons (Fsp3) is 0.250. The van der Waals surface area contributed by atoms with Gasteiger partial charge < -0.3 is 15.4 Å². The van der Waals surface area contributed by atoms with E-state index in [1.54, 1.807) is 42.1 Å². The van der Waals surface area contributed by atoms with E-state index in [1.165, 1.54) is 6.92 Å². The van der Waals surface area contributed by atoms with E-state index < -0.39 is 18.0 Å². The van der Waals surface area contributed by atoms with E-state index in [-0.39, 0.29) is 11.5 Å². The standard InChI is InChI=1S/C20H20N2O4S/c1-12-3-6-15(7-4-12)21-19(24)13(2)26-20(25)14-5-8-17-16(11-14)22-18(23)9-10-27-17/h3-8,11,13H,9-10H2,1-2H3,(H,21,24)(H,22,23)/t13-/m1/s1. The molecule has 0 saturated carbocycles. The highest BCUT2D eigenvalue weighted by molar-refractivity contribution is 7.99. The number of benzene rings is 2. The van der Waals surface area contributed by atoms with Crippen LogP contribution >= 0.6 is 11.8 Å². The number of thioether (sulfide) groups is 1. The third-order valence-electron chi connectivity index (χ3n) is 4.05. The Bertz CT molecular complexity index is 880. The van der Waals surface area contributed by atoms with Crippen LogP contribution in [0.5, 0.6) is 0 Å². The molecule has 0 spiro atoms. The maximum absolute atomic E-state index is 12.4. The number of esters is 1. The molecule has 1 heterocycles. The van der Waals surface area contributed by atoms with E-state index in [4.69, 9.17) is 4.74 Å². The Morgan fingerprint density at radius 2 is 1.93 bits per heavy atom. The van der Waals surface area contributed by atoms with Crippen LogP contribution in [0.25, 0.3) is 0 Å². The van der Waals surface area contributed by atoms with Crippen molar-refractivity contribution in [2.45, 2.75) is 31.3 Å². The van der Waals surface area contributed by atoms with Crippen molar-refractivity contribution in [3.05, 3.63) is 53.6 Å². The zero-order valence-electron chi connectivity index (χ0n) is 15.1. The fourth-order valence-corrected chi connectivity index (χ4v) is 3.45. The Kier molecular flexibility index (Phi) is 5.81. The number of carbonyl (C=O) groups excluding carboxylic acids is 3. The van der Waals surface area contributed by atoms with E-state index >= 15 is 0 Å². The van der Waals surface area contributed by atoms with Crippen LogP contribution in [-0.4, -0.2) is 29.6 Å². The largest absolute Gasteiger partial charge is 0.449 e. The predicted molar refractivity (Wildman–Crippen MR) is 105 cm³/mol. The number of amides is 2. The van der Waals surface area contributed by atoms with Crippen molar-refractivity contribution in [1.29, 1.82) is 0 Å². The van der Waals surface area contributed by atoms with Gasteiger partial charge >= 0.3 is 5.97 Å². The quantitative estimate of drug-likeness (QED) is 0.787. The van der Waals surface area contributed by atoms with Gasteiger partial charge in [0, 0.05) is 22.8 Å². The smallest absolute Gasteiger partial charge is 0.338 e. The highest BCUT2D eigenvalue weighted by Crippen LogP contribution is 2.31. The maximum atomic E-state index is 12.4. The summed E-state index contributed by atoms with van der Waals surface area (Å²) in [5, 5.41) is 5.50. The molecule has 0 saturated heterocycles. The SMILES string of the molecule is Cc1ccc(NC(=O)[C@@H](C)OC(=O)c2ccc3c(c2)NC(=O)CCS3)cc1. The molecule has 7 heteroatoms. The monoisotopic (exact) mass is 384 g/mol. The normalized spacial score (nSPS) is 14.4. The van der Waals surface area contributed by atoms with Crippen LogP contribution in [0.3, 0.4) is 0 Å². The Balaban J connectivity index is 1.65. The van der Waals surface area contributed by atoms with Gasteiger partial charge in [0.2, 0.25) is 5.91 Å². The summed E-state index contributed by atoms with van der Waals surface area (Å²) in [6, 6.07) is 12.3. The summed E-state index contributed by atoms with van der Waals surface area (Å²) >= 11 is 1.56. The Labute approximate surface area is 161 Å². The van der Waals surface area contributed by atoms with E-state index in [9.17, 15) is 14.4 Å². The first-order chi connectivity index (χ1) is 12.9. The zero-order chi connectivity index (χ0) is 19.4. The van der Waals surface area contributed by atoms with Crippen molar-refractivity contribution in [3.8, 4) is 0 Å². The van der Waals surface area contributed by atoms with Crippen LogP contribution < -0.4 is 10.6 Å². The number of rotatable bonds is 4. The molecule has 0 unspecified atom stereocenters. The second-order valence-electron chi connectivity index (χ2n) is 6.26. The van der Waals surface area contributed by atoms with Crippen molar-refractivity contribution in [3.63, 3.8) is 0 Å². The number of hydrogen-bond donors (Lipinski definition) is 2. The number of nitrogens with one attached hydrogen (secondary N) is 2. The second kappa shape index (κ2) is 8.26. The minimum absolute atomic E-state index is 0.0855. The number of carbonyl (C=O) groups is 3. The molecule has 0 bridgehead atoms. The van der Waals surface area contributed by atoms with Gasteiger partial charge in [0.05, 0.1) is 11.3 Å². The van der Waals surface area contributed by atoms with Crippen LogP contribution in [0.2, 0.25) is 0 Å². The molecule has 0 aliphatic carbocycles. The van der Waals surface area contributed by atoms with Gasteiger partial charge in [-0.25, -0.2) is 4.79 Å². The van der Waals surface area contributed by atoms with Gasteiger partial charge in [-0.15, -0.1) is 11.8 Å². The molecule has 2 aromatic carbocycles. The van der Waals surface area contributed by atoms with Crippen molar-refractivity contribution < 1.29 is 19.1 Å². The van der Waals surface area contributed by atoms with Crippen LogP contribution in [0, 0.1) is 6.92 Å². The van der Waals surface area contributed by atoms with E-state index in [2.05, 4.69) is 10.6 Å². The maximum Gasteiger partial charge on any atom is 0.338 e. The van der Waals surface area contributed by atoms with Gasteiger partial charge in [-0.3, -0.25) is 9.59 Å². The third-order valence-corrected chi connectivity index (χ3v) is 5.12. The lowest BCUT2D eigenvalue weighted by Gasteiger charge is -2.14. The zero-order valence-corrected chi connectivity index (χ0v) is 15.9. The summed E-state index contributed by atoms with van der Waals surface area (Å²) in [6.07, 6.45) is -0.531. The van der Waals surface area contributed by atoms with Crippen molar-refractivity contribution in [2.75, 3.05) is 16.4 Å². The van der Waals surface area contributed by atoms with Gasteiger partial charge in [-0.05, 0) is 44.2 Å². The van der Waals surface area contributed by atoms with Gasteiger partial charge in [0.1, 0.15) is 0 Å². The number of hydrogen-bond acceptors (Lipinski definition) is 5. The molecular weight excluding hydrogens is 364 g/mol. The molecule has 2 amide bonds. The lowest BCUT2D eigenvalue weighted by Crippen LogP contribution is -2.30. The van der Waals surface area contributed by atoms with Gasteiger partial charge in [-0.1, -0.05) is 17.7 Å². The van der Waals surface area contributed by atoms with Crippen LogP contribution in [0.4, 0.5) is 11.4 Å². The molecule has 0 aromatic heterocycles. The Morgan fingerprint density at radius 3 is 2.67 bits per heavy atom. The minimum Gasteiger partial charge on any atom is -0.449 e. The molecule has 2 N–H and O–H groups in total. The Morgan fingerprint density at radius 1 is 1.19 bits per heavy atom. The second-order valence-corrected chi connectivity index (χ2v) is 7.40. The summed E-state index contributed by atoms with van der Waals surface area (Å²) in [5.74, 6) is -0.421. The first-order valence-electron chi connectivity index (χ1n) is 8.57. The summed E-state index contributed by atoms with van der Waals surface area (Å²) in [4.78, 5) is 37.2. The summed E-state index contributed by atoms with van der Waals surface area (Å²) < 4.78 is 5.27. The topological polar surface area (TPSA) is 84.5 Å². The molecule has 6 nitrogen and oxygen atoms in total. The molecule has 140 valence electrons. The lowest BCUT2D eigenvalue weighted by molar-refractivity contribution is -0.123. The summed E-state index contributed by atoms with van der Waals surface area (Å²) in [5.41, 5.74) is 2.60. The molecule has 0 radical (unpaired) electrons. The first-order valence-corrected chi connectivity index (χ1v) is 9.56. The Hall–Kier alpha value is -2.80. The van der Waals surface area contributed by atoms with Crippen LogP contribution in [0.1, 0.15) is 29.3 Å². The summed E-state index contributed by atoms with van der Waals surface area (Å²) in [6.45, 7) is 3.47. The van der Waals surface area contributed by atoms with E-state index in [0.29, 0.717) is 23.5 Å². The number of anilines is 2. The number of aryl methyl sites for hydroxylation is 1. The number of ether oxygens (including phenoxy) is 1. The molecule has 1 aliphatic heterocycles. The molecular formula is C20H20N2O4S. The van der Waals surface area contributed by atoms with Crippen LogP contribution in [0.15, 0.2) is 47.4 Å². The highest BCUT2D eigenvalue weighted by atomic mass is 32.2. The van der Waals surface area contributed by atoms with Crippen molar-refractivity contribution in [1.82, 2.24) is 0 Å². The van der Waals surface area contributed by atoms with Gasteiger partial charge in [0.15, 0.2) is 6.10 Å². The average molecular weight is 384 g/mol. The van der Waals surface area contributed by atoms with Gasteiger partial charge in [-0.2, -0.15) is 0 Å². The third kappa shape index (κ3) is 4.89. The molecule has 2 aromatic rings. The molecule has 1 atom stereocenters. The number of fused-ring (bicyclic) bond motifs is 1. The van der Waals surface area contributed by atoms with Crippen LogP contribution in [-0.2, 0) is 14.3 Å². The fourth-order valence-electron chi connectivity index (χ4n) is 2.51. The average Bonchev–Trinajstić information content (AvgIpc) is 2.83.